The first kappa shape index (κ1) is 14.7. The summed E-state index contributed by atoms with van der Waals surface area (Å²) >= 11 is 0. The van der Waals surface area contributed by atoms with E-state index in [2.05, 4.69) is 49.2 Å². The predicted molar refractivity (Wildman–Crippen MR) is 84.8 cm³/mol. The Bertz CT molecular complexity index is 503. The summed E-state index contributed by atoms with van der Waals surface area (Å²) in [4.78, 5) is 4.13. The predicted octanol–water partition coefficient (Wildman–Crippen LogP) is 3.71. The first-order chi connectivity index (χ1) is 9.65. The van der Waals surface area contributed by atoms with Gasteiger partial charge in [0.25, 0.3) is 0 Å². The highest BCUT2D eigenvalue weighted by Crippen LogP contribution is 2.16. The molecule has 0 amide bonds. The van der Waals surface area contributed by atoms with Crippen LogP contribution < -0.4 is 5.73 Å². The smallest absolute Gasteiger partial charge is 0.0299 e. The third-order valence-corrected chi connectivity index (χ3v) is 3.67. The number of hydrogen-bond donors (Lipinski definition) is 1. The van der Waals surface area contributed by atoms with Crippen LogP contribution in [0.5, 0.6) is 0 Å². The van der Waals surface area contributed by atoms with E-state index in [9.17, 15) is 0 Å². The number of pyridine rings is 1. The minimum atomic E-state index is 0.208. The van der Waals surface area contributed by atoms with Gasteiger partial charge in [0, 0.05) is 18.4 Å². The van der Waals surface area contributed by atoms with Crippen molar-refractivity contribution >= 4 is 0 Å². The Labute approximate surface area is 122 Å². The molecule has 1 heterocycles. The summed E-state index contributed by atoms with van der Waals surface area (Å²) in [6, 6.07) is 13.1. The third kappa shape index (κ3) is 4.46. The van der Waals surface area contributed by atoms with Gasteiger partial charge in [-0.15, -0.1) is 0 Å². The summed E-state index contributed by atoms with van der Waals surface area (Å²) in [5.74, 6) is 0.586. The summed E-state index contributed by atoms with van der Waals surface area (Å²) in [7, 11) is 0. The van der Waals surface area contributed by atoms with E-state index in [1.54, 1.807) is 6.20 Å². The van der Waals surface area contributed by atoms with Crippen LogP contribution in [0, 0.1) is 0 Å². The van der Waals surface area contributed by atoms with Gasteiger partial charge in [0.2, 0.25) is 0 Å². The van der Waals surface area contributed by atoms with Crippen LogP contribution in [0.1, 0.15) is 42.9 Å². The molecule has 1 unspecified atom stereocenters. The number of hydrogen-bond acceptors (Lipinski definition) is 2. The molecule has 20 heavy (non-hydrogen) atoms. The zero-order valence-corrected chi connectivity index (χ0v) is 12.4. The molecule has 2 aromatic rings. The minimum absolute atomic E-state index is 0.208. The van der Waals surface area contributed by atoms with Crippen LogP contribution in [-0.4, -0.2) is 11.0 Å². The molecule has 0 radical (unpaired) electrons. The highest BCUT2D eigenvalue weighted by molar-refractivity contribution is 5.25. The zero-order valence-electron chi connectivity index (χ0n) is 12.4. The van der Waals surface area contributed by atoms with Gasteiger partial charge in [-0.05, 0) is 47.9 Å². The molecule has 0 aliphatic carbocycles. The molecular weight excluding hydrogens is 244 g/mol. The Morgan fingerprint density at radius 2 is 1.80 bits per heavy atom. The molecule has 1 atom stereocenters. The van der Waals surface area contributed by atoms with Crippen LogP contribution in [0.15, 0.2) is 48.8 Å². The topological polar surface area (TPSA) is 38.9 Å². The molecule has 0 saturated carbocycles. The lowest BCUT2D eigenvalue weighted by Crippen LogP contribution is -2.23. The third-order valence-electron chi connectivity index (χ3n) is 3.67. The maximum Gasteiger partial charge on any atom is 0.0299 e. The van der Waals surface area contributed by atoms with Gasteiger partial charge in [0.05, 0.1) is 0 Å². The highest BCUT2D eigenvalue weighted by Gasteiger charge is 2.06. The fourth-order valence-corrected chi connectivity index (χ4v) is 2.34. The maximum atomic E-state index is 6.23. The number of nitrogens with two attached hydrogens (primary N) is 1. The molecule has 1 aromatic carbocycles. The number of aromatic nitrogens is 1. The second-order valence-electron chi connectivity index (χ2n) is 5.76. The van der Waals surface area contributed by atoms with Gasteiger partial charge in [-0.1, -0.05) is 44.2 Å². The highest BCUT2D eigenvalue weighted by atomic mass is 14.6. The summed E-state index contributed by atoms with van der Waals surface area (Å²) in [6.07, 6.45) is 6.67. The molecule has 0 aliphatic rings. The van der Waals surface area contributed by atoms with Gasteiger partial charge >= 0.3 is 0 Å². The average molecular weight is 268 g/mol. The summed E-state index contributed by atoms with van der Waals surface area (Å²) in [6.45, 7) is 4.43. The van der Waals surface area contributed by atoms with Crippen LogP contribution in [0.3, 0.4) is 0 Å². The average Bonchev–Trinajstić information content (AvgIpc) is 2.47. The normalized spacial score (nSPS) is 12.6. The fourth-order valence-electron chi connectivity index (χ4n) is 2.34. The molecule has 0 saturated heterocycles. The minimum Gasteiger partial charge on any atom is -0.327 e. The van der Waals surface area contributed by atoms with Gasteiger partial charge < -0.3 is 5.73 Å². The molecule has 2 N–H and O–H groups in total. The van der Waals surface area contributed by atoms with Crippen LogP contribution in [0.25, 0.3) is 0 Å². The second kappa shape index (κ2) is 7.20. The van der Waals surface area contributed by atoms with Crippen molar-refractivity contribution < 1.29 is 0 Å². The first-order valence-corrected chi connectivity index (χ1v) is 7.38. The van der Waals surface area contributed by atoms with Crippen molar-refractivity contribution in [3.63, 3.8) is 0 Å². The SMILES string of the molecule is CC(C)c1ccc(CC(N)CCc2cccnc2)cc1. The summed E-state index contributed by atoms with van der Waals surface area (Å²) in [5, 5.41) is 0. The van der Waals surface area contributed by atoms with Crippen LogP contribution >= 0.6 is 0 Å². The van der Waals surface area contributed by atoms with Crippen molar-refractivity contribution in [3.8, 4) is 0 Å². The van der Waals surface area contributed by atoms with Gasteiger partial charge in [0.15, 0.2) is 0 Å². The van der Waals surface area contributed by atoms with E-state index in [0.29, 0.717) is 5.92 Å². The van der Waals surface area contributed by atoms with E-state index < -0.39 is 0 Å². The Hall–Kier alpha value is -1.67. The Morgan fingerprint density at radius 3 is 2.40 bits per heavy atom. The maximum absolute atomic E-state index is 6.23. The lowest BCUT2D eigenvalue weighted by atomic mass is 9.97. The van der Waals surface area contributed by atoms with Crippen LogP contribution in [-0.2, 0) is 12.8 Å². The van der Waals surface area contributed by atoms with Crippen molar-refractivity contribution in [2.45, 2.75) is 45.1 Å². The lowest BCUT2D eigenvalue weighted by molar-refractivity contribution is 0.609. The number of nitrogens with zero attached hydrogens (tertiary/aromatic N) is 1. The number of benzene rings is 1. The van der Waals surface area contributed by atoms with Crippen molar-refractivity contribution in [2.24, 2.45) is 5.73 Å². The molecule has 1 aromatic heterocycles. The lowest BCUT2D eigenvalue weighted by Gasteiger charge is -2.12. The number of aryl methyl sites for hydroxylation is 1. The summed E-state index contributed by atoms with van der Waals surface area (Å²) in [5.41, 5.74) is 10.2. The molecule has 2 heteroatoms. The van der Waals surface area contributed by atoms with E-state index in [0.717, 1.165) is 19.3 Å². The van der Waals surface area contributed by atoms with E-state index >= 15 is 0 Å². The van der Waals surface area contributed by atoms with Crippen molar-refractivity contribution in [1.29, 1.82) is 0 Å². The van der Waals surface area contributed by atoms with E-state index in [1.165, 1.54) is 16.7 Å². The largest absolute Gasteiger partial charge is 0.327 e. The monoisotopic (exact) mass is 268 g/mol. The molecule has 2 nitrogen and oxygen atoms in total. The van der Waals surface area contributed by atoms with E-state index in [1.807, 2.05) is 12.3 Å². The second-order valence-corrected chi connectivity index (χ2v) is 5.76. The van der Waals surface area contributed by atoms with E-state index in [-0.39, 0.29) is 6.04 Å². The van der Waals surface area contributed by atoms with Crippen LogP contribution in [0.2, 0.25) is 0 Å². The molecule has 0 fully saturated rings. The standard InChI is InChI=1S/C18H24N2/c1-14(2)17-8-5-15(6-9-17)12-18(19)10-7-16-4-3-11-20-13-16/h3-6,8-9,11,13-14,18H,7,10,12,19H2,1-2H3. The molecule has 106 valence electrons. The van der Waals surface area contributed by atoms with Crippen molar-refractivity contribution in [3.05, 3.63) is 65.5 Å². The fraction of sp³-hybridized carbons (Fsp3) is 0.389. The Balaban J connectivity index is 1.83. The quantitative estimate of drug-likeness (QED) is 0.867. The molecule has 0 aliphatic heterocycles. The van der Waals surface area contributed by atoms with Gasteiger partial charge in [-0.2, -0.15) is 0 Å². The Morgan fingerprint density at radius 1 is 1.05 bits per heavy atom. The summed E-state index contributed by atoms with van der Waals surface area (Å²) < 4.78 is 0. The first-order valence-electron chi connectivity index (χ1n) is 7.38. The molecule has 2 rings (SSSR count). The Kier molecular flexibility index (Phi) is 5.31. The molecule has 0 spiro atoms. The molecular formula is C18H24N2. The molecule has 0 bridgehead atoms. The van der Waals surface area contributed by atoms with Gasteiger partial charge in [-0.3, -0.25) is 4.98 Å². The zero-order chi connectivity index (χ0) is 14.4. The number of rotatable bonds is 6. The van der Waals surface area contributed by atoms with E-state index in [4.69, 9.17) is 5.73 Å². The van der Waals surface area contributed by atoms with Crippen LogP contribution in [0.4, 0.5) is 0 Å². The van der Waals surface area contributed by atoms with Gasteiger partial charge in [0.1, 0.15) is 0 Å². The van der Waals surface area contributed by atoms with Gasteiger partial charge in [-0.25, -0.2) is 0 Å². The van der Waals surface area contributed by atoms with Crippen molar-refractivity contribution in [2.75, 3.05) is 0 Å². The van der Waals surface area contributed by atoms with Crippen molar-refractivity contribution in [1.82, 2.24) is 4.98 Å².